The normalized spacial score (nSPS) is 20.0. The summed E-state index contributed by atoms with van der Waals surface area (Å²) >= 11 is 0. The first-order valence-corrected chi connectivity index (χ1v) is 6.71. The van der Waals surface area contributed by atoms with Gasteiger partial charge in [0.25, 0.3) is 0 Å². The first kappa shape index (κ1) is 13.1. The van der Waals surface area contributed by atoms with E-state index in [4.69, 9.17) is 15.2 Å². The summed E-state index contributed by atoms with van der Waals surface area (Å²) in [5, 5.41) is 7.14. The Hall–Kier alpha value is -1.92. The molecule has 0 amide bonds. The van der Waals surface area contributed by atoms with Crippen LogP contribution in [0.3, 0.4) is 0 Å². The summed E-state index contributed by atoms with van der Waals surface area (Å²) < 4.78 is 10.8. The maximum absolute atomic E-state index is 6.21. The molecule has 6 nitrogen and oxygen atoms in total. The van der Waals surface area contributed by atoms with Crippen LogP contribution in [0.25, 0.3) is 0 Å². The van der Waals surface area contributed by atoms with Crippen molar-refractivity contribution in [3.63, 3.8) is 0 Å². The molecule has 1 aliphatic rings. The number of hydrogen-bond donors (Lipinski definition) is 2. The van der Waals surface area contributed by atoms with Gasteiger partial charge in [-0.25, -0.2) is 4.98 Å². The van der Waals surface area contributed by atoms with Crippen molar-refractivity contribution in [1.82, 2.24) is 15.2 Å². The highest BCUT2D eigenvalue weighted by Crippen LogP contribution is 2.27. The molecule has 1 fully saturated rings. The zero-order chi connectivity index (χ0) is 13.9. The van der Waals surface area contributed by atoms with Crippen LogP contribution in [0.15, 0.2) is 24.3 Å². The number of nitrogens with two attached hydrogens (primary N) is 1. The van der Waals surface area contributed by atoms with Gasteiger partial charge in [-0.05, 0) is 30.5 Å². The first-order chi connectivity index (χ1) is 9.78. The highest BCUT2D eigenvalue weighted by Gasteiger charge is 2.23. The highest BCUT2D eigenvalue weighted by atomic mass is 16.5. The monoisotopic (exact) mass is 274 g/mol. The van der Waals surface area contributed by atoms with Gasteiger partial charge >= 0.3 is 0 Å². The van der Waals surface area contributed by atoms with Gasteiger partial charge in [0, 0.05) is 6.61 Å². The Kier molecular flexibility index (Phi) is 3.66. The van der Waals surface area contributed by atoms with Crippen molar-refractivity contribution in [2.24, 2.45) is 5.73 Å². The Labute approximate surface area is 117 Å². The molecule has 106 valence electrons. The molecule has 6 heteroatoms. The molecule has 0 spiro atoms. The minimum absolute atomic E-state index is 0.0220. The van der Waals surface area contributed by atoms with Crippen molar-refractivity contribution in [3.05, 3.63) is 41.5 Å². The molecule has 20 heavy (non-hydrogen) atoms. The second-order valence-electron chi connectivity index (χ2n) is 4.83. The molecule has 0 unspecified atom stereocenters. The van der Waals surface area contributed by atoms with Crippen LogP contribution in [0.5, 0.6) is 5.75 Å². The van der Waals surface area contributed by atoms with Crippen LogP contribution in [0.1, 0.15) is 42.2 Å². The van der Waals surface area contributed by atoms with Gasteiger partial charge in [0.2, 0.25) is 0 Å². The fraction of sp³-hybridized carbons (Fsp3) is 0.429. The lowest BCUT2D eigenvalue weighted by Gasteiger charge is -2.09. The van der Waals surface area contributed by atoms with Gasteiger partial charge < -0.3 is 15.2 Å². The van der Waals surface area contributed by atoms with E-state index in [1.807, 2.05) is 24.3 Å². The van der Waals surface area contributed by atoms with E-state index >= 15 is 0 Å². The van der Waals surface area contributed by atoms with Gasteiger partial charge in [-0.3, -0.25) is 5.10 Å². The summed E-state index contributed by atoms with van der Waals surface area (Å²) in [6.07, 6.45) is 2.06. The molecule has 0 radical (unpaired) electrons. The second kappa shape index (κ2) is 5.60. The SMILES string of the molecule is COc1cccc([C@H](N)c2n[nH]c([C@@H]3CCCO3)n2)c1. The molecule has 0 saturated carbocycles. The van der Waals surface area contributed by atoms with Crippen LogP contribution < -0.4 is 10.5 Å². The van der Waals surface area contributed by atoms with Gasteiger partial charge in [-0.1, -0.05) is 12.1 Å². The van der Waals surface area contributed by atoms with Gasteiger partial charge in [0.15, 0.2) is 11.6 Å². The van der Waals surface area contributed by atoms with Crippen LogP contribution in [0.2, 0.25) is 0 Å². The molecule has 1 aliphatic heterocycles. The Morgan fingerprint density at radius 2 is 2.40 bits per heavy atom. The smallest absolute Gasteiger partial charge is 0.171 e. The molecule has 1 aromatic carbocycles. The number of methoxy groups -OCH3 is 1. The summed E-state index contributed by atoms with van der Waals surface area (Å²) in [5.74, 6) is 2.10. The summed E-state index contributed by atoms with van der Waals surface area (Å²) in [5.41, 5.74) is 7.13. The zero-order valence-electron chi connectivity index (χ0n) is 11.4. The Morgan fingerprint density at radius 1 is 1.50 bits per heavy atom. The summed E-state index contributed by atoms with van der Waals surface area (Å²) in [4.78, 5) is 4.47. The first-order valence-electron chi connectivity index (χ1n) is 6.71. The number of H-pyrrole nitrogens is 1. The maximum Gasteiger partial charge on any atom is 0.171 e. The third-order valence-electron chi connectivity index (χ3n) is 3.49. The molecule has 1 saturated heterocycles. The van der Waals surface area contributed by atoms with Gasteiger partial charge in [0.1, 0.15) is 11.9 Å². The van der Waals surface area contributed by atoms with E-state index in [0.29, 0.717) is 5.82 Å². The molecule has 1 aromatic heterocycles. The van der Waals surface area contributed by atoms with E-state index in [-0.39, 0.29) is 12.1 Å². The lowest BCUT2D eigenvalue weighted by molar-refractivity contribution is 0.105. The summed E-state index contributed by atoms with van der Waals surface area (Å²) in [7, 11) is 1.63. The Morgan fingerprint density at radius 3 is 3.15 bits per heavy atom. The summed E-state index contributed by atoms with van der Waals surface area (Å²) in [6.45, 7) is 0.780. The average molecular weight is 274 g/mol. The molecular weight excluding hydrogens is 256 g/mol. The van der Waals surface area contributed by atoms with Crippen molar-refractivity contribution in [3.8, 4) is 5.75 Å². The number of benzene rings is 1. The predicted octanol–water partition coefficient (Wildman–Crippen LogP) is 1.71. The molecule has 0 bridgehead atoms. The quantitative estimate of drug-likeness (QED) is 0.886. The van der Waals surface area contributed by atoms with Crippen LogP contribution in [-0.2, 0) is 4.74 Å². The largest absolute Gasteiger partial charge is 0.497 e. The predicted molar refractivity (Wildman–Crippen MR) is 73.3 cm³/mol. The summed E-state index contributed by atoms with van der Waals surface area (Å²) in [6, 6.07) is 7.24. The number of rotatable bonds is 4. The van der Waals surface area contributed by atoms with E-state index in [0.717, 1.165) is 36.6 Å². The van der Waals surface area contributed by atoms with Crippen LogP contribution in [0.4, 0.5) is 0 Å². The molecule has 3 rings (SSSR count). The number of hydrogen-bond acceptors (Lipinski definition) is 5. The minimum Gasteiger partial charge on any atom is -0.497 e. The van der Waals surface area contributed by atoms with Crippen molar-refractivity contribution in [1.29, 1.82) is 0 Å². The van der Waals surface area contributed by atoms with Crippen molar-refractivity contribution < 1.29 is 9.47 Å². The fourth-order valence-corrected chi connectivity index (χ4v) is 2.35. The van der Waals surface area contributed by atoms with Gasteiger partial charge in [-0.15, -0.1) is 0 Å². The third kappa shape index (κ3) is 2.52. The van der Waals surface area contributed by atoms with Gasteiger partial charge in [-0.2, -0.15) is 5.10 Å². The molecule has 2 aromatic rings. The maximum atomic E-state index is 6.21. The van der Waals surface area contributed by atoms with Crippen molar-refractivity contribution in [2.45, 2.75) is 25.0 Å². The third-order valence-corrected chi connectivity index (χ3v) is 3.49. The van der Waals surface area contributed by atoms with Crippen molar-refractivity contribution in [2.75, 3.05) is 13.7 Å². The van der Waals surface area contributed by atoms with E-state index < -0.39 is 0 Å². The van der Waals surface area contributed by atoms with E-state index in [9.17, 15) is 0 Å². The number of ether oxygens (including phenoxy) is 2. The van der Waals surface area contributed by atoms with Crippen LogP contribution in [0, 0.1) is 0 Å². The Balaban J connectivity index is 1.80. The lowest BCUT2D eigenvalue weighted by Crippen LogP contribution is -2.14. The molecule has 3 N–H and O–H groups in total. The molecule has 0 aliphatic carbocycles. The molecule has 2 heterocycles. The Bertz CT molecular complexity index is 578. The van der Waals surface area contributed by atoms with E-state index in [1.54, 1.807) is 7.11 Å². The molecular formula is C14H18N4O2. The zero-order valence-corrected chi connectivity index (χ0v) is 11.4. The lowest BCUT2D eigenvalue weighted by atomic mass is 10.1. The van der Waals surface area contributed by atoms with Crippen molar-refractivity contribution >= 4 is 0 Å². The van der Waals surface area contributed by atoms with E-state index in [1.165, 1.54) is 0 Å². The second-order valence-corrected chi connectivity index (χ2v) is 4.83. The minimum atomic E-state index is -0.378. The number of nitrogens with zero attached hydrogens (tertiary/aromatic N) is 2. The number of nitrogens with one attached hydrogen (secondary N) is 1. The van der Waals surface area contributed by atoms with Gasteiger partial charge in [0.05, 0.1) is 13.2 Å². The number of aromatic nitrogens is 3. The highest BCUT2D eigenvalue weighted by molar-refractivity contribution is 5.32. The van der Waals surface area contributed by atoms with Crippen LogP contribution in [-0.4, -0.2) is 28.9 Å². The standard InChI is InChI=1S/C14H18N4O2/c1-19-10-5-2-4-9(8-10)12(15)14-16-13(17-18-14)11-6-3-7-20-11/h2,4-5,8,11-12H,3,6-7,15H2,1H3,(H,16,17,18)/t11-,12-/m0/s1. The average Bonchev–Trinajstić information content (AvgIpc) is 3.17. The molecule has 2 atom stereocenters. The van der Waals surface area contributed by atoms with E-state index in [2.05, 4.69) is 15.2 Å². The van der Waals surface area contributed by atoms with Crippen LogP contribution >= 0.6 is 0 Å². The number of aromatic amines is 1. The fourth-order valence-electron chi connectivity index (χ4n) is 2.35. The topological polar surface area (TPSA) is 86.0 Å².